The SMILES string of the molecule is C[n+]1ccc2cccc3c2c1B1c2c-3cccc2-c2cccc3cc[n+](C)c1c23.C[n+]1ccc2cccc3c2c1B1c2c-3cncc2-c2cccc3cc[n+](C)c1c23.Cc1ccc2cccc3c2c1B1c2c-3cccc2-c2cccc3ccc(C)c1c23.Cc1ccc2cccc3c2c1B1c2c-3cncc2-c2cccc3ccc(C)c1c23. The summed E-state index contributed by atoms with van der Waals surface area (Å²) in [6, 6.07) is 94.7. The summed E-state index contributed by atoms with van der Waals surface area (Å²) in [5.41, 5.74) is 44.2. The van der Waals surface area contributed by atoms with Crippen LogP contribution >= 0.6 is 0 Å². The van der Waals surface area contributed by atoms with E-state index in [-0.39, 0.29) is 20.1 Å². The lowest BCUT2D eigenvalue weighted by molar-refractivity contribution is -0.657. The van der Waals surface area contributed by atoms with Gasteiger partial charge in [0, 0.05) is 70.6 Å². The maximum atomic E-state index is 4.70. The highest BCUT2D eigenvalue weighted by Gasteiger charge is 2.52. The van der Waals surface area contributed by atoms with Crippen LogP contribution in [0.3, 0.4) is 0 Å². The molecule has 0 saturated carbocycles. The van der Waals surface area contributed by atoms with Crippen molar-refractivity contribution in [3.63, 3.8) is 0 Å². The van der Waals surface area contributed by atoms with Crippen molar-refractivity contribution in [3.8, 4) is 89.0 Å². The van der Waals surface area contributed by atoms with Crippen molar-refractivity contribution in [2.45, 2.75) is 27.7 Å². The summed E-state index contributed by atoms with van der Waals surface area (Å²) >= 11 is 0. The van der Waals surface area contributed by atoms with Gasteiger partial charge in [-0.25, -0.2) is 18.3 Å². The molecule has 14 aromatic carbocycles. The van der Waals surface area contributed by atoms with E-state index in [0.29, 0.717) is 6.71 Å². The Bertz CT molecular complexity index is 6620. The largest absolute Gasteiger partial charge is 0.408 e. The smallest absolute Gasteiger partial charge is 0.263 e. The van der Waals surface area contributed by atoms with Crippen LogP contribution in [0.25, 0.3) is 175 Å². The molecule has 0 atom stereocenters. The molecule has 0 amide bonds. The zero-order valence-electron chi connectivity index (χ0n) is 65.9. The molecule has 6 nitrogen and oxygen atoms in total. The Morgan fingerprint density at radius 1 is 0.181 bits per heavy atom. The zero-order valence-corrected chi connectivity index (χ0v) is 65.9. The molecule has 14 heterocycles. The summed E-state index contributed by atoms with van der Waals surface area (Å²) in [5.74, 6) is 0. The fraction of sp³-hybridized carbons (Fsp3) is 0.0755. The summed E-state index contributed by atoms with van der Waals surface area (Å²) in [7, 11) is 8.75. The van der Waals surface area contributed by atoms with E-state index < -0.39 is 0 Å². The lowest BCUT2D eigenvalue weighted by atomic mass is 9.30. The van der Waals surface area contributed by atoms with Crippen LogP contribution in [-0.2, 0) is 28.2 Å². The third-order valence-corrected chi connectivity index (χ3v) is 28.0. The van der Waals surface area contributed by atoms with E-state index in [1.807, 2.05) is 0 Å². The second-order valence-electron chi connectivity index (χ2n) is 33.7. The molecular weight excluding hydrogens is 1400 g/mol. The molecule has 0 bridgehead atoms. The minimum absolute atomic E-state index is 0.190. The number of benzene rings is 14. The van der Waals surface area contributed by atoms with Crippen LogP contribution in [0.4, 0.5) is 0 Å². The van der Waals surface area contributed by atoms with Gasteiger partial charge in [-0.05, 0) is 192 Å². The summed E-state index contributed by atoms with van der Waals surface area (Å²) in [5, 5.41) is 21.7. The molecule has 0 spiro atoms. The first kappa shape index (κ1) is 65.8. The number of fused-ring (bicyclic) bond motifs is 16. The molecule has 0 fully saturated rings. The highest BCUT2D eigenvalue weighted by molar-refractivity contribution is 7.03. The first-order valence-corrected chi connectivity index (χ1v) is 40.9. The Morgan fingerprint density at radius 3 is 0.638 bits per heavy atom. The first-order chi connectivity index (χ1) is 56.9. The van der Waals surface area contributed by atoms with E-state index in [4.69, 9.17) is 4.98 Å². The minimum atomic E-state index is 0.190. The standard InChI is InChI=1S/C28H19B.C27H18BN.C26H19BN2.C25H18BN3/c1-16-12-14-18-6-3-8-20-22-10-5-11-23-21-9-4-7-19-15-13-17(2)27(25(19)21)29(28(22)23)26(16)24(18)20;1-15-9-11-17-5-3-7-19-21-13-29-14-22-20-8-4-6-18-12-10-16(2)26(24(18)20)28(27(21)22)25(15)23(17)19;1-28-14-12-16-6-3-8-18-20-10-5-11-21-19-9-4-7-17-13-15-29(2)26(23(17)19)27(24(20)21)25(28)22(16)18;1-28-11-9-15-5-3-7-17-19-13-27-14-20-18-8-4-6-16-10-12-29(2)25(22(16)18)26(23(19)20)24(28)21(15)17/h3-15H,1-2H3;3-14H,1-2H3;3-15H,1-2H3;3-14H,1-2H3/q;;2*+2. The van der Waals surface area contributed by atoms with Crippen molar-refractivity contribution in [1.82, 2.24) is 9.97 Å². The van der Waals surface area contributed by atoms with Crippen LogP contribution in [-0.4, -0.2) is 36.8 Å². The van der Waals surface area contributed by atoms with Gasteiger partial charge < -0.3 is 0 Å². The third kappa shape index (κ3) is 8.65. The maximum Gasteiger partial charge on any atom is 0.408 e. The van der Waals surface area contributed by atoms with Gasteiger partial charge in [0.15, 0.2) is 47.2 Å². The molecule has 0 unspecified atom stereocenters. The van der Waals surface area contributed by atoms with Crippen molar-refractivity contribution >= 4 is 179 Å². The number of rotatable bonds is 0. The summed E-state index contributed by atoms with van der Waals surface area (Å²) in [6.45, 7) is 10.1. The van der Waals surface area contributed by atoms with Gasteiger partial charge in [-0.1, -0.05) is 286 Å². The Balaban J connectivity index is 0.0000000866. The van der Waals surface area contributed by atoms with Crippen LogP contribution in [0.15, 0.2) is 304 Å². The van der Waals surface area contributed by atoms with E-state index in [1.54, 1.807) is 0 Å². The monoisotopic (exact) mass is 1470 g/mol. The predicted molar refractivity (Wildman–Crippen MR) is 487 cm³/mol. The molecule has 536 valence electrons. The fourth-order valence-electron chi connectivity index (χ4n) is 23.3. The number of aromatic nitrogens is 6. The normalized spacial score (nSPS) is 13.1. The molecule has 8 aliphatic heterocycles. The third-order valence-electron chi connectivity index (χ3n) is 28.0. The molecule has 0 radical (unpaired) electrons. The fourth-order valence-corrected chi connectivity index (χ4v) is 23.3. The van der Waals surface area contributed by atoms with Crippen molar-refractivity contribution in [2.75, 3.05) is 0 Å². The van der Waals surface area contributed by atoms with E-state index in [9.17, 15) is 0 Å². The van der Waals surface area contributed by atoms with Crippen molar-refractivity contribution in [1.29, 1.82) is 0 Å². The number of nitrogens with zero attached hydrogens (tertiary/aromatic N) is 6. The van der Waals surface area contributed by atoms with Gasteiger partial charge in [-0.3, -0.25) is 9.97 Å². The van der Waals surface area contributed by atoms with Crippen molar-refractivity contribution < 1.29 is 18.3 Å². The molecule has 0 aliphatic carbocycles. The Morgan fingerprint density at radius 2 is 0.371 bits per heavy atom. The van der Waals surface area contributed by atoms with Crippen molar-refractivity contribution in [3.05, 3.63) is 327 Å². The van der Waals surface area contributed by atoms with Crippen LogP contribution in [0, 0.1) is 27.7 Å². The quantitative estimate of drug-likeness (QED) is 0.112. The topological polar surface area (TPSA) is 41.3 Å². The van der Waals surface area contributed by atoms with Crippen LogP contribution in [0.5, 0.6) is 0 Å². The molecule has 0 saturated heterocycles. The molecule has 28 rings (SSSR count). The summed E-state index contributed by atoms with van der Waals surface area (Å²) in [4.78, 5) is 9.39. The number of aryl methyl sites for hydroxylation is 8. The van der Waals surface area contributed by atoms with Crippen LogP contribution in [0.2, 0.25) is 0 Å². The van der Waals surface area contributed by atoms with E-state index in [1.165, 1.54) is 264 Å². The Kier molecular flexibility index (Phi) is 13.6. The van der Waals surface area contributed by atoms with Crippen molar-refractivity contribution in [2.24, 2.45) is 28.2 Å². The average molecular weight is 1480 g/mol. The van der Waals surface area contributed by atoms with Gasteiger partial charge in [0.05, 0.1) is 0 Å². The molecule has 0 N–H and O–H groups in total. The van der Waals surface area contributed by atoms with E-state index in [0.717, 1.165) is 0 Å². The molecule has 20 aromatic rings. The van der Waals surface area contributed by atoms with Crippen LogP contribution in [0.1, 0.15) is 22.3 Å². The lowest BCUT2D eigenvalue weighted by Gasteiger charge is -2.35. The van der Waals surface area contributed by atoms with Gasteiger partial charge >= 0.3 is 13.4 Å². The van der Waals surface area contributed by atoms with E-state index in [2.05, 4.69) is 384 Å². The Labute approximate surface area is 674 Å². The molecule has 10 heteroatoms. The Hall–Kier alpha value is -13.7. The molecular formula is C106H74B4N6+4. The first-order valence-electron chi connectivity index (χ1n) is 40.9. The maximum absolute atomic E-state index is 4.70. The van der Waals surface area contributed by atoms with Gasteiger partial charge in [0.1, 0.15) is 28.2 Å². The van der Waals surface area contributed by atoms with Gasteiger partial charge in [-0.15, -0.1) is 0 Å². The highest BCUT2D eigenvalue weighted by atomic mass is 15.0. The average Bonchev–Trinajstić information content (AvgIpc) is 0.707. The van der Waals surface area contributed by atoms with E-state index >= 15 is 0 Å². The summed E-state index contributed by atoms with van der Waals surface area (Å²) in [6.07, 6.45) is 17.1. The lowest BCUT2D eigenvalue weighted by Crippen LogP contribution is -2.73. The van der Waals surface area contributed by atoms with Gasteiger partial charge in [-0.2, -0.15) is 0 Å². The number of hydrogen-bond acceptors (Lipinski definition) is 2. The minimum Gasteiger partial charge on any atom is -0.263 e. The number of hydrogen-bond donors (Lipinski definition) is 0. The second-order valence-corrected chi connectivity index (χ2v) is 33.7. The molecule has 116 heavy (non-hydrogen) atoms. The highest BCUT2D eigenvalue weighted by Crippen LogP contribution is 2.44. The predicted octanol–water partition coefficient (Wildman–Crippen LogP) is 13.2. The van der Waals surface area contributed by atoms with Gasteiger partial charge in [0.2, 0.25) is 13.4 Å². The summed E-state index contributed by atoms with van der Waals surface area (Å²) < 4.78 is 9.30. The second kappa shape index (κ2) is 24.0. The van der Waals surface area contributed by atoms with Gasteiger partial charge in [0.25, 0.3) is 0 Å². The number of pyridine rings is 6. The van der Waals surface area contributed by atoms with Crippen LogP contribution < -0.4 is 84.3 Å². The molecule has 6 aromatic heterocycles. The molecule has 8 aliphatic rings. The zero-order chi connectivity index (χ0) is 77.1.